The summed E-state index contributed by atoms with van der Waals surface area (Å²) in [4.78, 5) is 13.2. The maximum absolute atomic E-state index is 14.3. The minimum absolute atomic E-state index is 0.248. The van der Waals surface area contributed by atoms with Gasteiger partial charge in [0.2, 0.25) is 5.95 Å². The molecule has 2 N–H and O–H groups in total. The van der Waals surface area contributed by atoms with E-state index in [-0.39, 0.29) is 11.6 Å². The Hall–Kier alpha value is -2.81. The highest BCUT2D eigenvalue weighted by Gasteiger charge is 2.22. The lowest BCUT2D eigenvalue weighted by molar-refractivity contribution is 0.0657. The van der Waals surface area contributed by atoms with E-state index in [0.717, 1.165) is 44.0 Å². The quantitative estimate of drug-likeness (QED) is 0.657. The van der Waals surface area contributed by atoms with E-state index in [2.05, 4.69) is 30.7 Å². The molecule has 0 spiro atoms. The van der Waals surface area contributed by atoms with Gasteiger partial charge in [-0.1, -0.05) is 0 Å². The molecule has 0 bridgehead atoms. The van der Waals surface area contributed by atoms with Crippen molar-refractivity contribution in [1.82, 2.24) is 24.7 Å². The predicted molar refractivity (Wildman–Crippen MR) is 108 cm³/mol. The first kappa shape index (κ1) is 18.2. The molecule has 0 radical (unpaired) electrons. The smallest absolute Gasteiger partial charge is 0.229 e. The molecular weight excluding hydrogens is 373 g/mol. The third-order valence-corrected chi connectivity index (χ3v) is 5.61. The maximum Gasteiger partial charge on any atom is 0.229 e. The van der Waals surface area contributed by atoms with E-state index in [0.29, 0.717) is 28.9 Å². The van der Waals surface area contributed by atoms with Crippen LogP contribution in [0.4, 0.5) is 21.8 Å². The van der Waals surface area contributed by atoms with E-state index < -0.39 is 0 Å². The van der Waals surface area contributed by atoms with Crippen molar-refractivity contribution in [2.24, 2.45) is 5.92 Å². The van der Waals surface area contributed by atoms with Crippen molar-refractivity contribution in [2.45, 2.75) is 38.6 Å². The molecule has 3 aromatic heterocycles. The average molecular weight is 397 g/mol. The van der Waals surface area contributed by atoms with Crippen LogP contribution in [0, 0.1) is 18.7 Å². The first-order chi connectivity index (χ1) is 14.2. The van der Waals surface area contributed by atoms with E-state index in [1.807, 2.05) is 11.6 Å². The lowest BCUT2D eigenvalue weighted by atomic mass is 10.1. The topological polar surface area (TPSA) is 89.8 Å². The molecule has 8 nitrogen and oxygen atoms in total. The third-order valence-electron chi connectivity index (χ3n) is 5.61. The Morgan fingerprint density at radius 3 is 2.79 bits per heavy atom. The number of anilines is 3. The highest BCUT2D eigenvalue weighted by Crippen LogP contribution is 2.30. The van der Waals surface area contributed by atoms with Crippen LogP contribution in [0.15, 0.2) is 18.5 Å². The number of hydrogen-bond donors (Lipinski definition) is 2. The molecule has 0 atom stereocenters. The van der Waals surface area contributed by atoms with Gasteiger partial charge in [0.1, 0.15) is 0 Å². The number of nitrogens with one attached hydrogen (secondary N) is 2. The molecule has 2 aliphatic rings. The van der Waals surface area contributed by atoms with E-state index in [1.165, 1.54) is 18.9 Å². The summed E-state index contributed by atoms with van der Waals surface area (Å²) in [6, 6.07) is 1.78. The SMILES string of the molecule is Cc1c(Nc2ncc3cc(F)c(NCC4CC4)nc3n2)cnn1C1CCOCC1. The second-order valence-corrected chi connectivity index (χ2v) is 7.81. The van der Waals surface area contributed by atoms with Crippen molar-refractivity contribution in [3.8, 4) is 0 Å². The zero-order valence-electron chi connectivity index (χ0n) is 16.4. The largest absolute Gasteiger partial charge is 0.381 e. The first-order valence-corrected chi connectivity index (χ1v) is 10.1. The molecule has 1 saturated carbocycles. The summed E-state index contributed by atoms with van der Waals surface area (Å²) in [5.41, 5.74) is 2.33. The Kier molecular flexibility index (Phi) is 4.75. The van der Waals surface area contributed by atoms with Gasteiger partial charge in [0, 0.05) is 31.3 Å². The van der Waals surface area contributed by atoms with E-state index in [9.17, 15) is 4.39 Å². The molecule has 3 aromatic rings. The van der Waals surface area contributed by atoms with Crippen LogP contribution in [0.2, 0.25) is 0 Å². The van der Waals surface area contributed by atoms with Crippen molar-refractivity contribution in [3.05, 3.63) is 30.0 Å². The molecular formula is C20H24FN7O. The van der Waals surface area contributed by atoms with Gasteiger partial charge in [-0.2, -0.15) is 10.1 Å². The molecule has 2 fully saturated rings. The summed E-state index contributed by atoms with van der Waals surface area (Å²) in [6.07, 6.45) is 7.68. The maximum atomic E-state index is 14.3. The lowest BCUT2D eigenvalue weighted by Gasteiger charge is -2.23. The van der Waals surface area contributed by atoms with Gasteiger partial charge in [0.25, 0.3) is 0 Å². The van der Waals surface area contributed by atoms with Crippen LogP contribution in [0.1, 0.15) is 37.4 Å². The molecule has 1 saturated heterocycles. The van der Waals surface area contributed by atoms with Crippen molar-refractivity contribution < 1.29 is 9.13 Å². The Balaban J connectivity index is 1.37. The lowest BCUT2D eigenvalue weighted by Crippen LogP contribution is -2.21. The highest BCUT2D eigenvalue weighted by atomic mass is 19.1. The monoisotopic (exact) mass is 397 g/mol. The number of hydrogen-bond acceptors (Lipinski definition) is 7. The van der Waals surface area contributed by atoms with Crippen LogP contribution in [-0.2, 0) is 4.74 Å². The molecule has 152 valence electrons. The fourth-order valence-electron chi connectivity index (χ4n) is 3.65. The van der Waals surface area contributed by atoms with Crippen LogP contribution in [-0.4, -0.2) is 44.5 Å². The zero-order valence-corrected chi connectivity index (χ0v) is 16.4. The minimum atomic E-state index is -0.379. The summed E-state index contributed by atoms with van der Waals surface area (Å²) < 4.78 is 21.7. The molecule has 0 unspecified atom stereocenters. The molecule has 29 heavy (non-hydrogen) atoms. The van der Waals surface area contributed by atoms with Gasteiger partial charge in [0.15, 0.2) is 17.3 Å². The summed E-state index contributed by atoms with van der Waals surface area (Å²) in [7, 11) is 0. The Morgan fingerprint density at radius 2 is 2.00 bits per heavy atom. The summed E-state index contributed by atoms with van der Waals surface area (Å²) >= 11 is 0. The number of rotatable bonds is 6. The number of aromatic nitrogens is 5. The predicted octanol–water partition coefficient (Wildman–Crippen LogP) is 3.59. The number of fused-ring (bicyclic) bond motifs is 1. The van der Waals surface area contributed by atoms with Crippen LogP contribution >= 0.6 is 0 Å². The standard InChI is InChI=1S/C20H24FN7O/c1-12-17(11-24-28(12)15-4-6-29-7-5-15)25-20-23-10-14-8-16(21)19(26-18(14)27-20)22-9-13-2-3-13/h8,10-11,13,15H,2-7,9H2,1H3,(H2,22,23,25,26,27). The van der Waals surface area contributed by atoms with Gasteiger partial charge in [-0.25, -0.2) is 14.4 Å². The normalized spacial score (nSPS) is 17.6. The molecule has 1 aliphatic heterocycles. The summed E-state index contributed by atoms with van der Waals surface area (Å²) in [5, 5.41) is 11.4. The Morgan fingerprint density at radius 1 is 1.17 bits per heavy atom. The van der Waals surface area contributed by atoms with Crippen molar-refractivity contribution in [3.63, 3.8) is 0 Å². The minimum Gasteiger partial charge on any atom is -0.381 e. The van der Waals surface area contributed by atoms with Gasteiger partial charge in [-0.05, 0) is 44.6 Å². The van der Waals surface area contributed by atoms with E-state index in [4.69, 9.17) is 4.74 Å². The summed E-state index contributed by atoms with van der Waals surface area (Å²) in [5.74, 6) is 0.915. The number of ether oxygens (including phenoxy) is 1. The second-order valence-electron chi connectivity index (χ2n) is 7.81. The van der Waals surface area contributed by atoms with Gasteiger partial charge < -0.3 is 15.4 Å². The zero-order chi connectivity index (χ0) is 19.8. The molecule has 4 heterocycles. The van der Waals surface area contributed by atoms with Gasteiger partial charge in [-0.15, -0.1) is 0 Å². The van der Waals surface area contributed by atoms with Gasteiger partial charge in [-0.3, -0.25) is 4.68 Å². The highest BCUT2D eigenvalue weighted by molar-refractivity contribution is 5.77. The van der Waals surface area contributed by atoms with Gasteiger partial charge >= 0.3 is 0 Å². The van der Waals surface area contributed by atoms with E-state index >= 15 is 0 Å². The molecule has 0 amide bonds. The Bertz CT molecular complexity index is 1030. The summed E-state index contributed by atoms with van der Waals surface area (Å²) in [6.45, 7) is 4.30. The number of nitrogens with zero attached hydrogens (tertiary/aromatic N) is 5. The molecule has 0 aromatic carbocycles. The fourth-order valence-corrected chi connectivity index (χ4v) is 3.65. The van der Waals surface area contributed by atoms with Crippen LogP contribution < -0.4 is 10.6 Å². The van der Waals surface area contributed by atoms with Crippen molar-refractivity contribution >= 4 is 28.5 Å². The van der Waals surface area contributed by atoms with Crippen LogP contribution in [0.3, 0.4) is 0 Å². The average Bonchev–Trinajstić information content (AvgIpc) is 3.50. The van der Waals surface area contributed by atoms with Crippen LogP contribution in [0.5, 0.6) is 0 Å². The van der Waals surface area contributed by atoms with Gasteiger partial charge in [0.05, 0.1) is 23.6 Å². The number of pyridine rings is 1. The third kappa shape index (κ3) is 3.87. The van der Waals surface area contributed by atoms with Crippen molar-refractivity contribution in [2.75, 3.05) is 30.4 Å². The second kappa shape index (κ2) is 7.55. The van der Waals surface area contributed by atoms with E-state index in [1.54, 1.807) is 12.4 Å². The Labute approximate surface area is 167 Å². The first-order valence-electron chi connectivity index (χ1n) is 10.1. The molecule has 9 heteroatoms. The number of halogens is 1. The van der Waals surface area contributed by atoms with Crippen LogP contribution in [0.25, 0.3) is 11.0 Å². The van der Waals surface area contributed by atoms with Crippen molar-refractivity contribution in [1.29, 1.82) is 0 Å². The fraction of sp³-hybridized carbons (Fsp3) is 0.500. The molecule has 5 rings (SSSR count). The molecule has 1 aliphatic carbocycles.